The van der Waals surface area contributed by atoms with Crippen molar-refractivity contribution < 1.29 is 29.3 Å². The van der Waals surface area contributed by atoms with Crippen molar-refractivity contribution in [2.45, 2.75) is 63.9 Å². The first kappa shape index (κ1) is 20.1. The van der Waals surface area contributed by atoms with Crippen LogP contribution in [-0.2, 0) is 19.1 Å². The highest BCUT2D eigenvalue weighted by molar-refractivity contribution is 5.85. The normalized spacial score (nSPS) is 30.2. The van der Waals surface area contributed by atoms with Crippen LogP contribution < -0.4 is 0 Å². The number of aliphatic hydroxyl groups excluding tert-OH is 2. The van der Waals surface area contributed by atoms with Crippen molar-refractivity contribution >= 4 is 11.9 Å². The second-order valence-corrected chi connectivity index (χ2v) is 5.56. The van der Waals surface area contributed by atoms with Crippen molar-refractivity contribution in [3.8, 4) is 0 Å². The highest BCUT2D eigenvalue weighted by Crippen LogP contribution is 2.17. The minimum Gasteiger partial charge on any atom is -0.457 e. The number of carbonyl (C=O) groups is 2. The summed E-state index contributed by atoms with van der Waals surface area (Å²) >= 11 is 0. The molecule has 1 heterocycles. The van der Waals surface area contributed by atoms with Crippen LogP contribution >= 0.6 is 0 Å². The molecule has 24 heavy (non-hydrogen) atoms. The van der Waals surface area contributed by atoms with E-state index in [1.165, 1.54) is 18.2 Å². The molecule has 134 valence electrons. The van der Waals surface area contributed by atoms with Crippen molar-refractivity contribution in [2.24, 2.45) is 0 Å². The van der Waals surface area contributed by atoms with Gasteiger partial charge in [-0.15, -0.1) is 0 Å². The highest BCUT2D eigenvalue weighted by atomic mass is 16.6. The van der Waals surface area contributed by atoms with Crippen molar-refractivity contribution in [3.63, 3.8) is 0 Å². The van der Waals surface area contributed by atoms with Gasteiger partial charge in [-0.2, -0.15) is 0 Å². The highest BCUT2D eigenvalue weighted by Gasteiger charge is 2.32. The summed E-state index contributed by atoms with van der Waals surface area (Å²) in [6.45, 7) is 3.69. The molecule has 0 aromatic rings. The predicted molar refractivity (Wildman–Crippen MR) is 89.0 cm³/mol. The molecule has 0 spiro atoms. The van der Waals surface area contributed by atoms with E-state index in [0.717, 1.165) is 0 Å². The Morgan fingerprint density at radius 1 is 1.42 bits per heavy atom. The SMILES string of the molecule is C/C=C/C=C/C(=O)OC1CC/C=C\C(O)C(O)C(CCC)OC1=O. The molecule has 1 aliphatic rings. The quantitative estimate of drug-likeness (QED) is 0.344. The lowest BCUT2D eigenvalue weighted by Crippen LogP contribution is -2.42. The molecule has 0 aromatic carbocycles. The first-order valence-corrected chi connectivity index (χ1v) is 8.22. The van der Waals surface area contributed by atoms with Gasteiger partial charge in [-0.3, -0.25) is 0 Å². The maximum atomic E-state index is 12.3. The Labute approximate surface area is 142 Å². The zero-order chi connectivity index (χ0) is 17.9. The molecule has 6 nitrogen and oxygen atoms in total. The number of ether oxygens (including phenoxy) is 2. The Morgan fingerprint density at radius 2 is 2.17 bits per heavy atom. The van der Waals surface area contributed by atoms with Gasteiger partial charge >= 0.3 is 11.9 Å². The summed E-state index contributed by atoms with van der Waals surface area (Å²) < 4.78 is 10.4. The minimum absolute atomic E-state index is 0.250. The zero-order valence-corrected chi connectivity index (χ0v) is 14.1. The summed E-state index contributed by atoms with van der Waals surface area (Å²) in [5.41, 5.74) is 0. The van der Waals surface area contributed by atoms with Crippen LogP contribution in [0.25, 0.3) is 0 Å². The third-order valence-electron chi connectivity index (χ3n) is 3.56. The van der Waals surface area contributed by atoms with Crippen LogP contribution in [0.3, 0.4) is 0 Å². The smallest absolute Gasteiger partial charge is 0.347 e. The van der Waals surface area contributed by atoms with Gasteiger partial charge in [-0.1, -0.05) is 43.7 Å². The summed E-state index contributed by atoms with van der Waals surface area (Å²) in [5.74, 6) is -1.34. The van der Waals surface area contributed by atoms with Crippen LogP contribution in [0.4, 0.5) is 0 Å². The van der Waals surface area contributed by atoms with E-state index in [4.69, 9.17) is 9.47 Å². The molecule has 0 radical (unpaired) electrons. The van der Waals surface area contributed by atoms with E-state index >= 15 is 0 Å². The maximum Gasteiger partial charge on any atom is 0.347 e. The number of cyclic esters (lactones) is 1. The molecule has 4 unspecified atom stereocenters. The van der Waals surface area contributed by atoms with Gasteiger partial charge in [0.1, 0.15) is 18.3 Å². The number of carbonyl (C=O) groups excluding carboxylic acids is 2. The maximum absolute atomic E-state index is 12.3. The Bertz CT molecular complexity index is 494. The molecule has 0 amide bonds. The second kappa shape index (κ2) is 10.8. The topological polar surface area (TPSA) is 93.1 Å². The average Bonchev–Trinajstić information content (AvgIpc) is 2.55. The van der Waals surface area contributed by atoms with E-state index in [0.29, 0.717) is 19.3 Å². The Morgan fingerprint density at radius 3 is 2.83 bits per heavy atom. The van der Waals surface area contributed by atoms with Crippen LogP contribution in [0, 0.1) is 0 Å². The van der Waals surface area contributed by atoms with E-state index < -0.39 is 36.4 Å². The summed E-state index contributed by atoms with van der Waals surface area (Å²) in [7, 11) is 0. The number of hydrogen-bond acceptors (Lipinski definition) is 6. The third-order valence-corrected chi connectivity index (χ3v) is 3.56. The average molecular weight is 338 g/mol. The molecule has 0 saturated heterocycles. The number of esters is 2. The first-order chi connectivity index (χ1) is 11.5. The van der Waals surface area contributed by atoms with E-state index in [-0.39, 0.29) is 6.42 Å². The van der Waals surface area contributed by atoms with E-state index in [1.54, 1.807) is 18.2 Å². The van der Waals surface area contributed by atoms with Crippen LogP contribution in [0.15, 0.2) is 36.5 Å². The lowest BCUT2D eigenvalue weighted by Gasteiger charge is -2.27. The van der Waals surface area contributed by atoms with Crippen LogP contribution in [-0.4, -0.2) is 46.6 Å². The number of rotatable bonds is 5. The fourth-order valence-corrected chi connectivity index (χ4v) is 2.28. The van der Waals surface area contributed by atoms with Crippen molar-refractivity contribution in [1.82, 2.24) is 0 Å². The number of aliphatic hydroxyl groups is 2. The largest absolute Gasteiger partial charge is 0.457 e. The summed E-state index contributed by atoms with van der Waals surface area (Å²) in [4.78, 5) is 24.0. The molecule has 6 heteroatoms. The molecular weight excluding hydrogens is 312 g/mol. The third kappa shape index (κ3) is 6.68. The van der Waals surface area contributed by atoms with Crippen molar-refractivity contribution in [3.05, 3.63) is 36.5 Å². The molecule has 1 rings (SSSR count). The molecule has 0 fully saturated rings. The van der Waals surface area contributed by atoms with Gasteiger partial charge in [0.2, 0.25) is 0 Å². The van der Waals surface area contributed by atoms with E-state index in [1.807, 2.05) is 13.8 Å². The van der Waals surface area contributed by atoms with Gasteiger partial charge in [0.25, 0.3) is 0 Å². The van der Waals surface area contributed by atoms with Crippen LogP contribution in [0.2, 0.25) is 0 Å². The van der Waals surface area contributed by atoms with Crippen molar-refractivity contribution in [2.75, 3.05) is 0 Å². The standard InChI is InChI=1S/C18H26O6/c1-3-5-6-12-16(20)23-15-11-8-7-10-13(19)17(21)14(9-4-2)24-18(15)22/h3,5-7,10,12-15,17,19,21H,4,8-9,11H2,1-2H3/b5-3+,10-7-,12-6+. The number of allylic oxidation sites excluding steroid dienone is 4. The lowest BCUT2D eigenvalue weighted by atomic mass is 10.0. The molecule has 0 bridgehead atoms. The Hall–Kier alpha value is -1.92. The van der Waals surface area contributed by atoms with Gasteiger partial charge in [0, 0.05) is 6.08 Å². The molecular formula is C18H26O6. The number of hydrogen-bond donors (Lipinski definition) is 2. The van der Waals surface area contributed by atoms with E-state index in [2.05, 4.69) is 0 Å². The Kier molecular flexibility index (Phi) is 9.04. The van der Waals surface area contributed by atoms with Crippen LogP contribution in [0.5, 0.6) is 0 Å². The fourth-order valence-electron chi connectivity index (χ4n) is 2.28. The molecule has 1 aliphatic heterocycles. The van der Waals surface area contributed by atoms with Gasteiger partial charge in [0.05, 0.1) is 0 Å². The molecule has 0 aliphatic carbocycles. The van der Waals surface area contributed by atoms with Gasteiger partial charge < -0.3 is 19.7 Å². The van der Waals surface area contributed by atoms with Crippen LogP contribution in [0.1, 0.15) is 39.5 Å². The first-order valence-electron chi connectivity index (χ1n) is 8.22. The molecule has 0 saturated carbocycles. The zero-order valence-electron chi connectivity index (χ0n) is 14.1. The minimum atomic E-state index is -1.21. The van der Waals surface area contributed by atoms with E-state index in [9.17, 15) is 19.8 Å². The fraction of sp³-hybridized carbons (Fsp3) is 0.556. The predicted octanol–water partition coefficient (Wildman–Crippen LogP) is 1.81. The molecule has 4 atom stereocenters. The Balaban J connectivity index is 2.84. The molecule has 0 aromatic heterocycles. The van der Waals surface area contributed by atoms with Gasteiger partial charge in [-0.05, 0) is 26.2 Å². The van der Waals surface area contributed by atoms with Gasteiger partial charge in [-0.25, -0.2) is 9.59 Å². The van der Waals surface area contributed by atoms with Gasteiger partial charge in [0.15, 0.2) is 6.10 Å². The summed E-state index contributed by atoms with van der Waals surface area (Å²) in [6.07, 6.45) is 6.83. The summed E-state index contributed by atoms with van der Waals surface area (Å²) in [6, 6.07) is 0. The van der Waals surface area contributed by atoms with Crippen molar-refractivity contribution in [1.29, 1.82) is 0 Å². The monoisotopic (exact) mass is 338 g/mol. The molecule has 2 N–H and O–H groups in total. The summed E-state index contributed by atoms with van der Waals surface area (Å²) in [5, 5.41) is 20.0. The lowest BCUT2D eigenvalue weighted by molar-refractivity contribution is -0.176. The second-order valence-electron chi connectivity index (χ2n) is 5.56.